The highest BCUT2D eigenvalue weighted by Crippen LogP contribution is 2.30. The lowest BCUT2D eigenvalue weighted by molar-refractivity contribution is 0.0609. The molecule has 1 amide bonds. The maximum atomic E-state index is 12.2. The van der Waals surface area contributed by atoms with Crippen LogP contribution in [0, 0.1) is 6.92 Å². The van der Waals surface area contributed by atoms with E-state index in [4.69, 9.17) is 0 Å². The highest BCUT2D eigenvalue weighted by molar-refractivity contribution is 6.00. The van der Waals surface area contributed by atoms with Crippen molar-refractivity contribution >= 4 is 5.91 Å². The van der Waals surface area contributed by atoms with Crippen molar-refractivity contribution < 1.29 is 4.79 Å². The van der Waals surface area contributed by atoms with Gasteiger partial charge in [-0.15, -0.1) is 0 Å². The van der Waals surface area contributed by atoms with E-state index in [9.17, 15) is 4.79 Å². The molecule has 1 aromatic rings. The van der Waals surface area contributed by atoms with Crippen LogP contribution < -0.4 is 0 Å². The van der Waals surface area contributed by atoms with Crippen LogP contribution >= 0.6 is 0 Å². The van der Waals surface area contributed by atoms with E-state index < -0.39 is 0 Å². The molecule has 0 unspecified atom stereocenters. The van der Waals surface area contributed by atoms with Crippen molar-refractivity contribution in [3.8, 4) is 0 Å². The Hall–Kier alpha value is -1.31. The summed E-state index contributed by atoms with van der Waals surface area (Å²) in [6.45, 7) is 8.98. The molecule has 2 rings (SSSR count). The minimum atomic E-state index is -0.0947. The topological polar surface area (TPSA) is 20.3 Å². The van der Waals surface area contributed by atoms with Crippen LogP contribution in [0.3, 0.4) is 0 Å². The summed E-state index contributed by atoms with van der Waals surface area (Å²) in [7, 11) is 0. The quantitative estimate of drug-likeness (QED) is 0.635. The van der Waals surface area contributed by atoms with Crippen molar-refractivity contribution in [1.82, 2.24) is 4.90 Å². The molecule has 0 saturated heterocycles. The number of hydrogen-bond acceptors (Lipinski definition) is 1. The van der Waals surface area contributed by atoms with Crippen LogP contribution in [-0.4, -0.2) is 16.3 Å². The lowest BCUT2D eigenvalue weighted by Crippen LogP contribution is -2.41. The SMILES string of the molecule is Cc1cccc2c1C(=O)N(C(C)(C)C)C2. The Morgan fingerprint density at radius 3 is 2.47 bits per heavy atom. The van der Waals surface area contributed by atoms with Crippen molar-refractivity contribution in [2.24, 2.45) is 0 Å². The molecule has 2 heteroatoms. The fourth-order valence-corrected chi connectivity index (χ4v) is 2.09. The van der Waals surface area contributed by atoms with Crippen LogP contribution in [0.5, 0.6) is 0 Å². The molecular weight excluding hydrogens is 186 g/mol. The van der Waals surface area contributed by atoms with E-state index in [2.05, 4.69) is 20.8 Å². The van der Waals surface area contributed by atoms with Gasteiger partial charge in [-0.2, -0.15) is 0 Å². The van der Waals surface area contributed by atoms with E-state index in [1.54, 1.807) is 0 Å². The second kappa shape index (κ2) is 3.09. The predicted molar refractivity (Wildman–Crippen MR) is 60.8 cm³/mol. The highest BCUT2D eigenvalue weighted by Gasteiger charge is 2.35. The lowest BCUT2D eigenvalue weighted by atomic mass is 10.0. The first-order valence-corrected chi connectivity index (χ1v) is 5.32. The van der Waals surface area contributed by atoms with Gasteiger partial charge in [-0.25, -0.2) is 0 Å². The van der Waals surface area contributed by atoms with Gasteiger partial charge in [0.25, 0.3) is 5.91 Å². The van der Waals surface area contributed by atoms with Crippen molar-refractivity contribution in [1.29, 1.82) is 0 Å². The zero-order chi connectivity index (χ0) is 11.2. The molecule has 0 atom stereocenters. The summed E-state index contributed by atoms with van der Waals surface area (Å²) in [4.78, 5) is 14.1. The Bertz CT molecular complexity index is 415. The largest absolute Gasteiger partial charge is 0.329 e. The number of amides is 1. The molecule has 0 fully saturated rings. The normalized spacial score (nSPS) is 15.7. The summed E-state index contributed by atoms with van der Waals surface area (Å²) < 4.78 is 0. The Kier molecular flexibility index (Phi) is 2.10. The minimum Gasteiger partial charge on any atom is -0.329 e. The molecule has 0 aliphatic carbocycles. The third kappa shape index (κ3) is 1.54. The first kappa shape index (κ1) is 10.2. The minimum absolute atomic E-state index is 0.0947. The second-order valence-electron chi connectivity index (χ2n) is 5.17. The Labute approximate surface area is 90.9 Å². The number of nitrogens with zero attached hydrogens (tertiary/aromatic N) is 1. The summed E-state index contributed by atoms with van der Waals surface area (Å²) in [6, 6.07) is 6.07. The molecular formula is C13H17NO. The first-order valence-electron chi connectivity index (χ1n) is 5.32. The van der Waals surface area contributed by atoms with Crippen molar-refractivity contribution in [3.05, 3.63) is 34.9 Å². The van der Waals surface area contributed by atoms with E-state index in [0.29, 0.717) is 0 Å². The standard InChI is InChI=1S/C13H17NO/c1-9-6-5-7-10-8-14(13(2,3)4)12(15)11(9)10/h5-7H,8H2,1-4H3. The van der Waals surface area contributed by atoms with Gasteiger partial charge in [0.05, 0.1) is 0 Å². The number of fused-ring (bicyclic) bond motifs is 1. The summed E-state index contributed by atoms with van der Waals surface area (Å²) in [5, 5.41) is 0. The van der Waals surface area contributed by atoms with E-state index in [0.717, 1.165) is 23.2 Å². The van der Waals surface area contributed by atoms with Gasteiger partial charge in [0.2, 0.25) is 0 Å². The summed E-state index contributed by atoms with van der Waals surface area (Å²) in [5.41, 5.74) is 3.06. The molecule has 1 aromatic carbocycles. The third-order valence-electron chi connectivity index (χ3n) is 2.96. The molecule has 1 aliphatic heterocycles. The number of rotatable bonds is 0. The van der Waals surface area contributed by atoms with Gasteiger partial charge in [-0.05, 0) is 38.8 Å². The summed E-state index contributed by atoms with van der Waals surface area (Å²) in [6.07, 6.45) is 0. The van der Waals surface area contributed by atoms with Crippen LogP contribution in [0.15, 0.2) is 18.2 Å². The van der Waals surface area contributed by atoms with Gasteiger partial charge in [0.1, 0.15) is 0 Å². The molecule has 15 heavy (non-hydrogen) atoms. The number of aryl methyl sites for hydroxylation is 1. The van der Waals surface area contributed by atoms with E-state index >= 15 is 0 Å². The molecule has 0 bridgehead atoms. The van der Waals surface area contributed by atoms with Crippen molar-refractivity contribution in [3.63, 3.8) is 0 Å². The lowest BCUT2D eigenvalue weighted by Gasteiger charge is -2.31. The van der Waals surface area contributed by atoms with Crippen LogP contribution in [0.25, 0.3) is 0 Å². The maximum Gasteiger partial charge on any atom is 0.255 e. The van der Waals surface area contributed by atoms with Gasteiger partial charge in [0.15, 0.2) is 0 Å². The number of benzene rings is 1. The molecule has 0 radical (unpaired) electrons. The van der Waals surface area contributed by atoms with Gasteiger partial charge in [-0.1, -0.05) is 18.2 Å². The van der Waals surface area contributed by atoms with Crippen molar-refractivity contribution in [2.45, 2.75) is 39.8 Å². The average molecular weight is 203 g/mol. The maximum absolute atomic E-state index is 12.2. The van der Waals surface area contributed by atoms with Crippen LogP contribution in [0.2, 0.25) is 0 Å². The zero-order valence-corrected chi connectivity index (χ0v) is 9.79. The molecule has 0 aromatic heterocycles. The molecule has 80 valence electrons. The Morgan fingerprint density at radius 1 is 1.27 bits per heavy atom. The van der Waals surface area contributed by atoms with Gasteiger partial charge in [-0.3, -0.25) is 4.79 Å². The number of hydrogen-bond donors (Lipinski definition) is 0. The van der Waals surface area contributed by atoms with E-state index in [1.165, 1.54) is 0 Å². The average Bonchev–Trinajstić information content (AvgIpc) is 2.44. The smallest absolute Gasteiger partial charge is 0.255 e. The molecule has 0 spiro atoms. The molecule has 1 aliphatic rings. The van der Waals surface area contributed by atoms with Gasteiger partial charge >= 0.3 is 0 Å². The zero-order valence-electron chi connectivity index (χ0n) is 9.79. The Morgan fingerprint density at radius 2 is 1.93 bits per heavy atom. The molecule has 2 nitrogen and oxygen atoms in total. The van der Waals surface area contributed by atoms with Crippen LogP contribution in [0.4, 0.5) is 0 Å². The second-order valence-corrected chi connectivity index (χ2v) is 5.17. The number of carbonyl (C=O) groups excluding carboxylic acids is 1. The summed E-state index contributed by atoms with van der Waals surface area (Å²) >= 11 is 0. The Balaban J connectivity index is 2.47. The van der Waals surface area contributed by atoms with Crippen LogP contribution in [0.1, 0.15) is 42.3 Å². The fourth-order valence-electron chi connectivity index (χ4n) is 2.09. The third-order valence-corrected chi connectivity index (χ3v) is 2.96. The first-order chi connectivity index (χ1) is 6.91. The van der Waals surface area contributed by atoms with E-state index in [-0.39, 0.29) is 11.4 Å². The van der Waals surface area contributed by atoms with E-state index in [1.807, 2.05) is 30.0 Å². The molecule has 0 N–H and O–H groups in total. The monoisotopic (exact) mass is 203 g/mol. The van der Waals surface area contributed by atoms with Gasteiger partial charge < -0.3 is 4.90 Å². The highest BCUT2D eigenvalue weighted by atomic mass is 16.2. The summed E-state index contributed by atoms with van der Waals surface area (Å²) in [5.74, 6) is 0.176. The molecule has 1 heterocycles. The number of carbonyl (C=O) groups is 1. The van der Waals surface area contributed by atoms with Gasteiger partial charge in [0, 0.05) is 17.6 Å². The predicted octanol–water partition coefficient (Wildman–Crippen LogP) is 2.75. The van der Waals surface area contributed by atoms with Crippen LogP contribution in [-0.2, 0) is 6.54 Å². The molecule has 0 saturated carbocycles. The fraction of sp³-hybridized carbons (Fsp3) is 0.462. The van der Waals surface area contributed by atoms with Crippen molar-refractivity contribution in [2.75, 3.05) is 0 Å².